The summed E-state index contributed by atoms with van der Waals surface area (Å²) >= 11 is 0. The number of benzene rings is 1. The minimum absolute atomic E-state index is 0.0640. The molecule has 2 aliphatic heterocycles. The lowest BCUT2D eigenvalue weighted by atomic mass is 9.97. The Hall–Kier alpha value is -5.80. The van der Waals surface area contributed by atoms with E-state index in [1.54, 1.807) is 29.1 Å². The van der Waals surface area contributed by atoms with E-state index in [9.17, 15) is 18.8 Å². The molecule has 51 heavy (non-hydrogen) atoms. The number of anilines is 2. The van der Waals surface area contributed by atoms with E-state index in [0.29, 0.717) is 37.1 Å². The fraction of sp³-hybridized carbons (Fsp3) is 0.306. The molecule has 6 heterocycles. The zero-order valence-electron chi connectivity index (χ0n) is 27.7. The highest BCUT2D eigenvalue weighted by Crippen LogP contribution is 2.30. The van der Waals surface area contributed by atoms with Crippen LogP contribution in [0.15, 0.2) is 72.0 Å². The number of nitrogens with zero attached hydrogens (tertiary/aromatic N) is 6. The van der Waals surface area contributed by atoms with Gasteiger partial charge in [-0.1, -0.05) is 12.1 Å². The van der Waals surface area contributed by atoms with Crippen molar-refractivity contribution >= 4 is 23.5 Å². The minimum atomic E-state index is -0.847. The molecule has 0 radical (unpaired) electrons. The molecule has 2 fully saturated rings. The van der Waals surface area contributed by atoms with Gasteiger partial charge in [0.25, 0.3) is 11.8 Å². The van der Waals surface area contributed by atoms with Gasteiger partial charge in [-0.3, -0.25) is 19.1 Å². The molecule has 2 aliphatic rings. The maximum atomic E-state index is 13.9. The van der Waals surface area contributed by atoms with E-state index < -0.39 is 23.1 Å². The van der Waals surface area contributed by atoms with Crippen LogP contribution < -0.4 is 27.5 Å². The summed E-state index contributed by atoms with van der Waals surface area (Å²) in [6.07, 6.45) is 10.3. The van der Waals surface area contributed by atoms with Crippen LogP contribution in [-0.4, -0.2) is 67.6 Å². The second-order valence-electron chi connectivity index (χ2n) is 12.8. The van der Waals surface area contributed by atoms with Crippen LogP contribution in [0.25, 0.3) is 33.5 Å². The number of rotatable bonds is 9. The van der Waals surface area contributed by atoms with Gasteiger partial charge < -0.3 is 31.4 Å². The molecule has 0 aliphatic carbocycles. The second-order valence-corrected chi connectivity index (χ2v) is 12.8. The zero-order valence-corrected chi connectivity index (χ0v) is 27.7. The predicted octanol–water partition coefficient (Wildman–Crippen LogP) is 3.65. The molecule has 0 spiro atoms. The Morgan fingerprint density at radius 2 is 1.73 bits per heavy atom. The van der Waals surface area contributed by atoms with Gasteiger partial charge in [-0.2, -0.15) is 5.10 Å². The van der Waals surface area contributed by atoms with E-state index in [1.165, 1.54) is 30.5 Å². The van der Waals surface area contributed by atoms with E-state index >= 15 is 0 Å². The van der Waals surface area contributed by atoms with Crippen molar-refractivity contribution in [1.29, 1.82) is 0 Å². The molecule has 6 N–H and O–H groups in total. The molecule has 0 atom stereocenters. The van der Waals surface area contributed by atoms with Crippen LogP contribution in [0.2, 0.25) is 0 Å². The van der Waals surface area contributed by atoms with Gasteiger partial charge in [0.15, 0.2) is 5.82 Å². The van der Waals surface area contributed by atoms with Crippen molar-refractivity contribution in [1.82, 2.24) is 34.8 Å². The SMILES string of the molecule is NC(=O)c1c(-c2ccc(F)cc2)c(=O)c(C(=O)Nc2ccc(-c3cc(-c4cnn(C5CCNCC5)c4)cnc3N)nn2)cn1CC1CCOCC1. The molecule has 0 unspecified atom stereocenters. The van der Waals surface area contributed by atoms with Gasteiger partial charge in [0.05, 0.1) is 23.5 Å². The standard InChI is InChI=1S/C36H37FN10O4/c37-25-3-1-22(2-4-25)31-32(35(39)49)46(18-21-9-13-51-14-10-21)20-28(33(31)48)36(50)43-30-6-5-29(44-45-30)27-15-23(16-41-34(27)38)24-17-42-47(19-24)26-7-11-40-12-8-26/h1-6,15-17,19-21,26,40H,7-14,18H2,(H2,38,41)(H2,39,49)(H,43,45,50). The first kappa shape index (κ1) is 33.7. The Kier molecular flexibility index (Phi) is 9.63. The maximum Gasteiger partial charge on any atom is 0.266 e. The summed E-state index contributed by atoms with van der Waals surface area (Å²) in [5, 5.41) is 19.1. The molecule has 2 amide bonds. The number of piperidine rings is 1. The molecule has 0 saturated carbocycles. The summed E-state index contributed by atoms with van der Waals surface area (Å²) in [5.41, 5.74) is 13.9. The van der Waals surface area contributed by atoms with Crippen molar-refractivity contribution < 1.29 is 18.7 Å². The summed E-state index contributed by atoms with van der Waals surface area (Å²) in [6, 6.07) is 10.5. The Balaban J connectivity index is 1.17. The van der Waals surface area contributed by atoms with Crippen molar-refractivity contribution in [2.45, 2.75) is 38.3 Å². The lowest BCUT2D eigenvalue weighted by Crippen LogP contribution is -2.32. The highest BCUT2D eigenvalue weighted by molar-refractivity contribution is 6.06. The molecule has 0 bridgehead atoms. The van der Waals surface area contributed by atoms with Gasteiger partial charge in [0, 0.05) is 55.0 Å². The molecule has 7 rings (SSSR count). The third-order valence-electron chi connectivity index (χ3n) is 9.41. The quantitative estimate of drug-likeness (QED) is 0.177. The van der Waals surface area contributed by atoms with Crippen LogP contribution >= 0.6 is 0 Å². The van der Waals surface area contributed by atoms with E-state index in [0.717, 1.165) is 49.9 Å². The van der Waals surface area contributed by atoms with Crippen LogP contribution in [0.3, 0.4) is 0 Å². The largest absolute Gasteiger partial charge is 0.383 e. The summed E-state index contributed by atoms with van der Waals surface area (Å²) in [4.78, 5) is 44.8. The number of hydrogen-bond acceptors (Lipinski definition) is 10. The number of pyridine rings is 2. The maximum absolute atomic E-state index is 13.9. The highest BCUT2D eigenvalue weighted by Gasteiger charge is 2.26. The topological polar surface area (TPSA) is 198 Å². The molecular formula is C36H37FN10O4. The number of aromatic nitrogens is 6. The number of nitrogen functional groups attached to an aromatic ring is 1. The van der Waals surface area contributed by atoms with E-state index in [2.05, 4.69) is 30.9 Å². The Morgan fingerprint density at radius 3 is 2.43 bits per heavy atom. The molecular weight excluding hydrogens is 655 g/mol. The van der Waals surface area contributed by atoms with E-state index in [1.807, 2.05) is 16.9 Å². The number of carbonyl (C=O) groups is 2. The smallest absolute Gasteiger partial charge is 0.266 e. The van der Waals surface area contributed by atoms with Crippen molar-refractivity contribution in [3.8, 4) is 33.5 Å². The first-order valence-electron chi connectivity index (χ1n) is 16.8. The van der Waals surface area contributed by atoms with Gasteiger partial charge in [0.2, 0.25) is 5.43 Å². The Labute approximate surface area is 292 Å². The molecule has 4 aromatic heterocycles. The summed E-state index contributed by atoms with van der Waals surface area (Å²) in [7, 11) is 0. The average Bonchev–Trinajstić information content (AvgIpc) is 3.64. The monoisotopic (exact) mass is 692 g/mol. The number of halogens is 1. The first-order valence-corrected chi connectivity index (χ1v) is 16.8. The first-order chi connectivity index (χ1) is 24.7. The van der Waals surface area contributed by atoms with Crippen LogP contribution in [0, 0.1) is 11.7 Å². The number of nitrogens with two attached hydrogens (primary N) is 2. The summed E-state index contributed by atoms with van der Waals surface area (Å²) in [5.74, 6) is -1.70. The van der Waals surface area contributed by atoms with Gasteiger partial charge in [-0.15, -0.1) is 10.2 Å². The number of ether oxygens (including phenoxy) is 1. The van der Waals surface area contributed by atoms with Crippen LogP contribution in [0.4, 0.5) is 16.0 Å². The summed E-state index contributed by atoms with van der Waals surface area (Å²) < 4.78 is 22.9. The zero-order chi connectivity index (χ0) is 35.5. The van der Waals surface area contributed by atoms with Crippen molar-refractivity contribution in [2.24, 2.45) is 11.7 Å². The molecule has 1 aromatic carbocycles. The van der Waals surface area contributed by atoms with Gasteiger partial charge in [-0.25, -0.2) is 9.37 Å². The van der Waals surface area contributed by atoms with Crippen molar-refractivity contribution in [3.05, 3.63) is 94.5 Å². The fourth-order valence-electron chi connectivity index (χ4n) is 6.65. The lowest BCUT2D eigenvalue weighted by Gasteiger charge is -2.25. The molecule has 262 valence electrons. The Morgan fingerprint density at radius 1 is 0.961 bits per heavy atom. The van der Waals surface area contributed by atoms with Gasteiger partial charge in [0.1, 0.15) is 22.9 Å². The third-order valence-corrected chi connectivity index (χ3v) is 9.41. The number of hydrogen-bond donors (Lipinski definition) is 4. The lowest BCUT2D eigenvalue weighted by molar-refractivity contribution is 0.0608. The minimum Gasteiger partial charge on any atom is -0.383 e. The molecule has 15 heteroatoms. The number of nitrogens with one attached hydrogen (secondary N) is 2. The highest BCUT2D eigenvalue weighted by atomic mass is 19.1. The normalized spacial score (nSPS) is 15.5. The van der Waals surface area contributed by atoms with Crippen molar-refractivity contribution in [2.75, 3.05) is 37.4 Å². The second kappa shape index (κ2) is 14.6. The summed E-state index contributed by atoms with van der Waals surface area (Å²) in [6.45, 7) is 3.33. The molecule has 14 nitrogen and oxygen atoms in total. The van der Waals surface area contributed by atoms with Crippen LogP contribution in [0.5, 0.6) is 0 Å². The van der Waals surface area contributed by atoms with E-state index in [4.69, 9.17) is 16.2 Å². The number of amides is 2. The van der Waals surface area contributed by atoms with Gasteiger partial charge >= 0.3 is 0 Å². The number of primary amides is 1. The average molecular weight is 693 g/mol. The Bertz CT molecular complexity index is 2120. The van der Waals surface area contributed by atoms with Crippen LogP contribution in [-0.2, 0) is 11.3 Å². The van der Waals surface area contributed by atoms with Crippen molar-refractivity contribution in [3.63, 3.8) is 0 Å². The van der Waals surface area contributed by atoms with E-state index in [-0.39, 0.29) is 39.9 Å². The number of carbonyl (C=O) groups excluding carboxylic acids is 2. The predicted molar refractivity (Wildman–Crippen MR) is 188 cm³/mol. The molecule has 2 saturated heterocycles. The fourth-order valence-corrected chi connectivity index (χ4v) is 6.65. The molecule has 5 aromatic rings. The van der Waals surface area contributed by atoms with Gasteiger partial charge in [-0.05, 0) is 80.6 Å². The third kappa shape index (κ3) is 7.25. The van der Waals surface area contributed by atoms with Crippen LogP contribution in [0.1, 0.15) is 52.6 Å².